The van der Waals surface area contributed by atoms with Gasteiger partial charge in [0, 0.05) is 25.7 Å². The number of likely N-dealkylation sites (N-methyl/N-ethyl adjacent to an activating group) is 1. The second-order valence-corrected chi connectivity index (χ2v) is 5.88. The van der Waals surface area contributed by atoms with Gasteiger partial charge in [-0.2, -0.15) is 0 Å². The van der Waals surface area contributed by atoms with Crippen LogP contribution in [0.1, 0.15) is 45.4 Å². The predicted molar refractivity (Wildman–Crippen MR) is 73.3 cm³/mol. The van der Waals surface area contributed by atoms with Gasteiger partial charge in [0.15, 0.2) is 0 Å². The normalized spacial score (nSPS) is 31.9. The van der Waals surface area contributed by atoms with Crippen LogP contribution in [0.4, 0.5) is 0 Å². The summed E-state index contributed by atoms with van der Waals surface area (Å²) in [6, 6.07) is 1.12. The zero-order valence-corrected chi connectivity index (χ0v) is 11.8. The maximum absolute atomic E-state index is 12.5. The number of hydrogen-bond donors (Lipinski definition) is 1. The fourth-order valence-electron chi connectivity index (χ4n) is 3.58. The summed E-state index contributed by atoms with van der Waals surface area (Å²) < 4.78 is 0. The Morgan fingerprint density at radius 3 is 2.56 bits per heavy atom. The summed E-state index contributed by atoms with van der Waals surface area (Å²) in [7, 11) is 1.93. The lowest BCUT2D eigenvalue weighted by Gasteiger charge is -2.38. The van der Waals surface area contributed by atoms with Gasteiger partial charge >= 0.3 is 0 Å². The molecule has 1 amide bonds. The van der Waals surface area contributed by atoms with E-state index in [0.29, 0.717) is 18.6 Å². The highest BCUT2D eigenvalue weighted by atomic mass is 16.2. The first-order valence-electron chi connectivity index (χ1n) is 7.37. The fourth-order valence-corrected chi connectivity index (χ4v) is 3.58. The van der Waals surface area contributed by atoms with Crippen molar-refractivity contribution >= 4 is 5.91 Å². The molecule has 0 spiro atoms. The van der Waals surface area contributed by atoms with Crippen LogP contribution in [0.3, 0.4) is 0 Å². The number of nitrogens with two attached hydrogens (primary N) is 1. The molecule has 1 saturated carbocycles. The first-order valence-corrected chi connectivity index (χ1v) is 7.37. The third kappa shape index (κ3) is 2.69. The lowest BCUT2D eigenvalue weighted by molar-refractivity contribution is -0.135. The molecule has 1 aliphatic heterocycles. The zero-order valence-electron chi connectivity index (χ0n) is 11.8. The Morgan fingerprint density at radius 2 is 1.94 bits per heavy atom. The lowest BCUT2D eigenvalue weighted by atomic mass is 10.0. The van der Waals surface area contributed by atoms with Gasteiger partial charge in [-0.15, -0.1) is 0 Å². The van der Waals surface area contributed by atoms with E-state index in [9.17, 15) is 4.79 Å². The van der Waals surface area contributed by atoms with Crippen LogP contribution in [0.25, 0.3) is 0 Å². The quantitative estimate of drug-likeness (QED) is 0.822. The highest BCUT2D eigenvalue weighted by Crippen LogP contribution is 2.30. The van der Waals surface area contributed by atoms with Gasteiger partial charge in [0.25, 0.3) is 0 Å². The van der Waals surface area contributed by atoms with E-state index < -0.39 is 0 Å². The SMILES string of the molecule is CC1CCN(C)C(=O)C(CCN)N1C1CCCC1. The molecule has 2 N–H and O–H groups in total. The number of amides is 1. The average molecular weight is 253 g/mol. The van der Waals surface area contributed by atoms with Gasteiger partial charge in [-0.25, -0.2) is 0 Å². The Hall–Kier alpha value is -0.610. The summed E-state index contributed by atoms with van der Waals surface area (Å²) in [5.41, 5.74) is 5.73. The third-order valence-corrected chi connectivity index (χ3v) is 4.60. The standard InChI is InChI=1S/C14H27N3O/c1-11-8-10-16(2)14(18)13(7-9-15)17(11)12-5-3-4-6-12/h11-13H,3-10,15H2,1-2H3. The van der Waals surface area contributed by atoms with E-state index in [4.69, 9.17) is 5.73 Å². The Bertz CT molecular complexity index is 289. The fraction of sp³-hybridized carbons (Fsp3) is 0.929. The van der Waals surface area contributed by atoms with Crippen molar-refractivity contribution in [1.29, 1.82) is 0 Å². The minimum absolute atomic E-state index is 0.0144. The van der Waals surface area contributed by atoms with E-state index in [2.05, 4.69) is 11.8 Å². The maximum atomic E-state index is 12.5. The molecular formula is C14H27N3O. The highest BCUT2D eigenvalue weighted by Gasteiger charge is 2.38. The summed E-state index contributed by atoms with van der Waals surface area (Å²) >= 11 is 0. The van der Waals surface area contributed by atoms with E-state index >= 15 is 0 Å². The van der Waals surface area contributed by atoms with E-state index in [0.717, 1.165) is 19.4 Å². The number of hydrogen-bond acceptors (Lipinski definition) is 3. The van der Waals surface area contributed by atoms with Crippen LogP contribution in [0.15, 0.2) is 0 Å². The Balaban J connectivity index is 2.20. The van der Waals surface area contributed by atoms with Gasteiger partial charge in [0.05, 0.1) is 6.04 Å². The summed E-state index contributed by atoms with van der Waals surface area (Å²) in [5.74, 6) is 0.275. The van der Waals surface area contributed by atoms with Crippen LogP contribution < -0.4 is 5.73 Å². The third-order valence-electron chi connectivity index (χ3n) is 4.60. The monoisotopic (exact) mass is 253 g/mol. The number of rotatable bonds is 3. The minimum Gasteiger partial charge on any atom is -0.344 e. The number of carbonyl (C=O) groups excluding carboxylic acids is 1. The van der Waals surface area contributed by atoms with Crippen LogP contribution in [-0.4, -0.2) is 54.0 Å². The van der Waals surface area contributed by atoms with Crippen molar-refractivity contribution < 1.29 is 4.79 Å². The minimum atomic E-state index is 0.0144. The van der Waals surface area contributed by atoms with Crippen molar-refractivity contribution in [2.24, 2.45) is 5.73 Å². The van der Waals surface area contributed by atoms with Crippen LogP contribution >= 0.6 is 0 Å². The molecule has 2 aliphatic rings. The second kappa shape index (κ2) is 6.02. The number of carbonyl (C=O) groups is 1. The first kappa shape index (κ1) is 13.8. The lowest BCUT2D eigenvalue weighted by Crippen LogP contribution is -2.52. The molecule has 104 valence electrons. The molecule has 2 fully saturated rings. The van der Waals surface area contributed by atoms with E-state index in [1.54, 1.807) is 0 Å². The summed E-state index contributed by atoms with van der Waals surface area (Å²) in [4.78, 5) is 16.9. The van der Waals surface area contributed by atoms with Crippen molar-refractivity contribution in [1.82, 2.24) is 9.80 Å². The smallest absolute Gasteiger partial charge is 0.239 e. The van der Waals surface area contributed by atoms with Gasteiger partial charge in [-0.3, -0.25) is 9.69 Å². The molecule has 0 bridgehead atoms. The molecule has 18 heavy (non-hydrogen) atoms. The van der Waals surface area contributed by atoms with Gasteiger partial charge in [-0.05, 0) is 39.2 Å². The molecule has 1 saturated heterocycles. The van der Waals surface area contributed by atoms with Crippen molar-refractivity contribution in [3.05, 3.63) is 0 Å². The van der Waals surface area contributed by atoms with Crippen molar-refractivity contribution in [3.63, 3.8) is 0 Å². The molecule has 2 unspecified atom stereocenters. The Labute approximate surface area is 110 Å². The molecule has 1 heterocycles. The van der Waals surface area contributed by atoms with Crippen LogP contribution in [0, 0.1) is 0 Å². The molecule has 0 aromatic carbocycles. The summed E-state index contributed by atoms with van der Waals surface area (Å²) in [6.45, 7) is 3.75. The van der Waals surface area contributed by atoms with Crippen LogP contribution in [0.2, 0.25) is 0 Å². The zero-order chi connectivity index (χ0) is 13.1. The topological polar surface area (TPSA) is 49.6 Å². The molecule has 2 atom stereocenters. The van der Waals surface area contributed by atoms with Gasteiger partial charge in [0.2, 0.25) is 5.91 Å². The van der Waals surface area contributed by atoms with E-state index in [1.807, 2.05) is 11.9 Å². The van der Waals surface area contributed by atoms with Crippen LogP contribution in [0.5, 0.6) is 0 Å². The first-order chi connectivity index (χ1) is 8.65. The maximum Gasteiger partial charge on any atom is 0.239 e. The van der Waals surface area contributed by atoms with Gasteiger partial charge in [-0.1, -0.05) is 12.8 Å². The molecule has 1 aliphatic carbocycles. The molecule has 0 radical (unpaired) electrons. The summed E-state index contributed by atoms with van der Waals surface area (Å²) in [5, 5.41) is 0. The van der Waals surface area contributed by atoms with E-state index in [-0.39, 0.29) is 11.9 Å². The average Bonchev–Trinajstić information content (AvgIpc) is 2.85. The molecule has 2 rings (SSSR count). The second-order valence-electron chi connectivity index (χ2n) is 5.88. The molecular weight excluding hydrogens is 226 g/mol. The molecule has 0 aromatic rings. The highest BCUT2D eigenvalue weighted by molar-refractivity contribution is 5.82. The number of nitrogens with zero attached hydrogens (tertiary/aromatic N) is 2. The molecule has 0 aromatic heterocycles. The Morgan fingerprint density at radius 1 is 1.28 bits per heavy atom. The van der Waals surface area contributed by atoms with Crippen molar-refractivity contribution in [3.8, 4) is 0 Å². The molecule has 4 heteroatoms. The van der Waals surface area contributed by atoms with Crippen molar-refractivity contribution in [2.75, 3.05) is 20.1 Å². The van der Waals surface area contributed by atoms with Crippen LogP contribution in [-0.2, 0) is 4.79 Å². The van der Waals surface area contributed by atoms with Gasteiger partial charge in [0.1, 0.15) is 0 Å². The van der Waals surface area contributed by atoms with Gasteiger partial charge < -0.3 is 10.6 Å². The van der Waals surface area contributed by atoms with E-state index in [1.165, 1.54) is 25.7 Å². The van der Waals surface area contributed by atoms with Crippen molar-refractivity contribution in [2.45, 2.75) is 63.6 Å². The predicted octanol–water partition coefficient (Wildman–Crippen LogP) is 1.20. The Kier molecular flexibility index (Phi) is 4.62. The molecule has 4 nitrogen and oxygen atoms in total. The largest absolute Gasteiger partial charge is 0.344 e. The summed E-state index contributed by atoms with van der Waals surface area (Å²) in [6.07, 6.45) is 7.01.